The van der Waals surface area contributed by atoms with Crippen LogP contribution in [0.1, 0.15) is 27.8 Å². The van der Waals surface area contributed by atoms with Crippen molar-refractivity contribution >= 4 is 23.2 Å². The lowest BCUT2D eigenvalue weighted by atomic mass is 10.1. The largest absolute Gasteiger partial charge is 0.495 e. The van der Waals surface area contributed by atoms with E-state index in [9.17, 15) is 4.79 Å². The third-order valence-corrected chi connectivity index (χ3v) is 5.34. The summed E-state index contributed by atoms with van der Waals surface area (Å²) in [6.07, 6.45) is -0.191. The third-order valence-electron chi connectivity index (χ3n) is 5.05. The number of anilines is 1. The molecule has 5 rings (SSSR count). The summed E-state index contributed by atoms with van der Waals surface area (Å²) < 4.78 is 23.7. The second-order valence-electron chi connectivity index (χ2n) is 6.92. The number of nitrogens with zero attached hydrogens (tertiary/aromatic N) is 2. The Labute approximate surface area is 177 Å². The van der Waals surface area contributed by atoms with Crippen molar-refractivity contribution < 1.29 is 23.7 Å². The maximum atomic E-state index is 12.6. The number of methoxy groups -OCH3 is 1. The second kappa shape index (κ2) is 7.55. The standard InChI is InChI=1S/C21H18ClN3O5/c1-27-17-5-3-13(7-15(17)22)23-21(26)16-8-14-10-28-20(9-25(14)24-16)12-2-4-18-19(6-12)30-11-29-18/h2-8,20H,9-11H2,1H3,(H,23,26)/t20-/m1/s1. The molecule has 30 heavy (non-hydrogen) atoms. The summed E-state index contributed by atoms with van der Waals surface area (Å²) in [4.78, 5) is 12.6. The third kappa shape index (κ3) is 3.44. The molecule has 0 unspecified atom stereocenters. The minimum atomic E-state index is -0.322. The van der Waals surface area contributed by atoms with Gasteiger partial charge in [-0.3, -0.25) is 9.48 Å². The van der Waals surface area contributed by atoms with Gasteiger partial charge in [0.2, 0.25) is 6.79 Å². The smallest absolute Gasteiger partial charge is 0.276 e. The molecule has 9 heteroatoms. The molecule has 0 radical (unpaired) electrons. The lowest BCUT2D eigenvalue weighted by molar-refractivity contribution is -0.00127. The fourth-order valence-corrected chi connectivity index (χ4v) is 3.75. The predicted molar refractivity (Wildman–Crippen MR) is 108 cm³/mol. The second-order valence-corrected chi connectivity index (χ2v) is 7.33. The van der Waals surface area contributed by atoms with E-state index in [2.05, 4.69) is 10.4 Å². The van der Waals surface area contributed by atoms with Crippen molar-refractivity contribution in [3.8, 4) is 17.2 Å². The van der Waals surface area contributed by atoms with Gasteiger partial charge in [-0.2, -0.15) is 5.10 Å². The van der Waals surface area contributed by atoms with Crippen molar-refractivity contribution in [1.82, 2.24) is 9.78 Å². The van der Waals surface area contributed by atoms with Gasteiger partial charge < -0.3 is 24.3 Å². The summed E-state index contributed by atoms with van der Waals surface area (Å²) in [7, 11) is 1.54. The Hall–Kier alpha value is -3.23. The zero-order valence-corrected chi connectivity index (χ0v) is 16.8. The molecule has 154 valence electrons. The number of carbonyl (C=O) groups excluding carboxylic acids is 1. The van der Waals surface area contributed by atoms with Gasteiger partial charge in [-0.15, -0.1) is 0 Å². The number of nitrogens with one attached hydrogen (secondary N) is 1. The summed E-state index contributed by atoms with van der Waals surface area (Å²) in [5.74, 6) is 1.66. The van der Waals surface area contributed by atoms with E-state index in [1.54, 1.807) is 28.9 Å². The minimum absolute atomic E-state index is 0.191. The van der Waals surface area contributed by atoms with Crippen LogP contribution >= 0.6 is 11.6 Å². The number of rotatable bonds is 4. The van der Waals surface area contributed by atoms with Crippen molar-refractivity contribution in [2.45, 2.75) is 19.3 Å². The van der Waals surface area contributed by atoms with Gasteiger partial charge in [0.1, 0.15) is 11.9 Å². The Bertz CT molecular complexity index is 1130. The van der Waals surface area contributed by atoms with E-state index in [1.807, 2.05) is 18.2 Å². The summed E-state index contributed by atoms with van der Waals surface area (Å²) in [5, 5.41) is 7.68. The van der Waals surface area contributed by atoms with Crippen LogP contribution in [-0.2, 0) is 17.9 Å². The highest BCUT2D eigenvalue weighted by atomic mass is 35.5. The SMILES string of the molecule is COc1ccc(NC(=O)c2cc3n(n2)C[C@H](c2ccc4c(c2)OCO4)OC3)cc1Cl. The first-order valence-electron chi connectivity index (χ1n) is 9.33. The molecule has 1 N–H and O–H groups in total. The number of benzene rings is 2. The van der Waals surface area contributed by atoms with E-state index in [-0.39, 0.29) is 18.8 Å². The van der Waals surface area contributed by atoms with Crippen LogP contribution < -0.4 is 19.5 Å². The molecule has 2 aliphatic heterocycles. The molecule has 0 saturated heterocycles. The van der Waals surface area contributed by atoms with Gasteiger partial charge in [0.25, 0.3) is 5.91 Å². The molecule has 1 aromatic heterocycles. The van der Waals surface area contributed by atoms with Crippen LogP contribution in [0.5, 0.6) is 17.2 Å². The molecule has 2 aromatic carbocycles. The number of hydrogen-bond donors (Lipinski definition) is 1. The quantitative estimate of drug-likeness (QED) is 0.681. The highest BCUT2D eigenvalue weighted by Gasteiger charge is 2.26. The fraction of sp³-hybridized carbons (Fsp3) is 0.238. The molecule has 0 bridgehead atoms. The van der Waals surface area contributed by atoms with Gasteiger partial charge in [0.15, 0.2) is 17.2 Å². The van der Waals surface area contributed by atoms with Gasteiger partial charge in [0.05, 0.1) is 31.0 Å². The van der Waals surface area contributed by atoms with Gasteiger partial charge in [-0.05, 0) is 42.0 Å². The lowest BCUT2D eigenvalue weighted by Crippen LogP contribution is -2.22. The number of ether oxygens (including phenoxy) is 4. The molecule has 8 nitrogen and oxygen atoms in total. The Kier molecular flexibility index (Phi) is 4.72. The fourth-order valence-electron chi connectivity index (χ4n) is 3.49. The van der Waals surface area contributed by atoms with E-state index in [4.69, 9.17) is 30.5 Å². The number of halogens is 1. The molecule has 1 amide bonds. The minimum Gasteiger partial charge on any atom is -0.495 e. The number of fused-ring (bicyclic) bond motifs is 2. The summed E-state index contributed by atoms with van der Waals surface area (Å²) >= 11 is 6.12. The highest BCUT2D eigenvalue weighted by molar-refractivity contribution is 6.32. The molecule has 3 heterocycles. The summed E-state index contributed by atoms with van der Waals surface area (Å²) in [6.45, 7) is 1.08. The first kappa shape index (κ1) is 18.8. The molecule has 0 fully saturated rings. The first-order valence-corrected chi connectivity index (χ1v) is 9.71. The van der Waals surface area contributed by atoms with E-state index in [0.29, 0.717) is 41.1 Å². The number of aromatic nitrogens is 2. The zero-order valence-electron chi connectivity index (χ0n) is 16.1. The summed E-state index contributed by atoms with van der Waals surface area (Å²) in [5.41, 5.74) is 2.68. The Morgan fingerprint density at radius 3 is 2.90 bits per heavy atom. The van der Waals surface area contributed by atoms with Crippen molar-refractivity contribution in [3.63, 3.8) is 0 Å². The van der Waals surface area contributed by atoms with Crippen LogP contribution in [0.15, 0.2) is 42.5 Å². The number of carbonyl (C=O) groups is 1. The molecule has 0 aliphatic carbocycles. The van der Waals surface area contributed by atoms with Crippen LogP contribution in [0, 0.1) is 0 Å². The van der Waals surface area contributed by atoms with Gasteiger partial charge >= 0.3 is 0 Å². The van der Waals surface area contributed by atoms with E-state index >= 15 is 0 Å². The normalized spacial score (nSPS) is 16.8. The van der Waals surface area contributed by atoms with Crippen molar-refractivity contribution in [3.05, 3.63) is 64.4 Å². The average molecular weight is 428 g/mol. The average Bonchev–Trinajstić information content (AvgIpc) is 3.39. The van der Waals surface area contributed by atoms with E-state index in [1.165, 1.54) is 7.11 Å². The van der Waals surface area contributed by atoms with Crippen molar-refractivity contribution in [2.24, 2.45) is 0 Å². The topological polar surface area (TPSA) is 83.8 Å². The molecular formula is C21H18ClN3O5. The van der Waals surface area contributed by atoms with Crippen molar-refractivity contribution in [2.75, 3.05) is 19.2 Å². The van der Waals surface area contributed by atoms with Gasteiger partial charge in [-0.1, -0.05) is 17.7 Å². The molecule has 3 aromatic rings. The number of hydrogen-bond acceptors (Lipinski definition) is 6. The molecule has 0 saturated carbocycles. The van der Waals surface area contributed by atoms with E-state index in [0.717, 1.165) is 17.0 Å². The van der Waals surface area contributed by atoms with Gasteiger partial charge in [0, 0.05) is 5.69 Å². The molecule has 0 spiro atoms. The van der Waals surface area contributed by atoms with Crippen LogP contribution in [0.25, 0.3) is 0 Å². The summed E-state index contributed by atoms with van der Waals surface area (Å²) in [6, 6.07) is 12.5. The first-order chi connectivity index (χ1) is 14.6. The molecule has 1 atom stereocenters. The molecular weight excluding hydrogens is 410 g/mol. The zero-order chi connectivity index (χ0) is 20.7. The maximum Gasteiger partial charge on any atom is 0.276 e. The highest BCUT2D eigenvalue weighted by Crippen LogP contribution is 2.36. The predicted octanol–water partition coefficient (Wildman–Crippen LogP) is 3.80. The Morgan fingerprint density at radius 2 is 2.07 bits per heavy atom. The van der Waals surface area contributed by atoms with Crippen LogP contribution in [0.2, 0.25) is 5.02 Å². The van der Waals surface area contributed by atoms with Crippen LogP contribution in [0.4, 0.5) is 5.69 Å². The Morgan fingerprint density at radius 1 is 1.20 bits per heavy atom. The Balaban J connectivity index is 1.31. The maximum absolute atomic E-state index is 12.6. The number of amides is 1. The van der Waals surface area contributed by atoms with Crippen LogP contribution in [-0.4, -0.2) is 29.6 Å². The van der Waals surface area contributed by atoms with Crippen molar-refractivity contribution in [1.29, 1.82) is 0 Å². The van der Waals surface area contributed by atoms with Crippen LogP contribution in [0.3, 0.4) is 0 Å². The van der Waals surface area contributed by atoms with Gasteiger partial charge in [-0.25, -0.2) is 0 Å². The lowest BCUT2D eigenvalue weighted by Gasteiger charge is -2.24. The van der Waals surface area contributed by atoms with E-state index < -0.39 is 0 Å². The monoisotopic (exact) mass is 427 g/mol. The molecule has 2 aliphatic rings.